The van der Waals surface area contributed by atoms with Crippen LogP contribution in [0.3, 0.4) is 0 Å². The molecule has 134 valence electrons. The number of hydrogen-bond donors (Lipinski definition) is 2. The molecule has 1 aliphatic rings. The summed E-state index contributed by atoms with van der Waals surface area (Å²) in [6.07, 6.45) is 0.875. The Bertz CT molecular complexity index is 865. The summed E-state index contributed by atoms with van der Waals surface area (Å²) in [5.41, 5.74) is 6.59. The number of amides is 1. The first-order valence-electron chi connectivity index (χ1n) is 7.99. The maximum Gasteiger partial charge on any atom is 0.271 e. The molecule has 0 radical (unpaired) electrons. The third-order valence-electron chi connectivity index (χ3n) is 4.46. The number of carbonyl (C=O) groups excluding carboxylic acids is 1. The number of carbonyl (C=O) groups is 1. The van der Waals surface area contributed by atoms with Crippen LogP contribution in [0.15, 0.2) is 46.0 Å². The second kappa shape index (κ2) is 6.78. The predicted octanol–water partition coefficient (Wildman–Crippen LogP) is 2.36. The number of sulfonamides is 1. The highest BCUT2D eigenvalue weighted by Gasteiger charge is 2.35. The summed E-state index contributed by atoms with van der Waals surface area (Å²) < 4.78 is 27.4. The zero-order valence-electron chi connectivity index (χ0n) is 13.9. The first-order valence-corrected chi connectivity index (χ1v) is 10.4. The van der Waals surface area contributed by atoms with Gasteiger partial charge in [-0.25, -0.2) is 8.42 Å². The highest BCUT2D eigenvalue weighted by molar-refractivity contribution is 7.94. The first-order chi connectivity index (χ1) is 11.8. The predicted molar refractivity (Wildman–Crippen MR) is 99.3 cm³/mol. The van der Waals surface area contributed by atoms with Gasteiger partial charge < -0.3 is 10.6 Å². The fraction of sp³-hybridized carbons (Fsp3) is 0.353. The van der Waals surface area contributed by atoms with Crippen LogP contribution < -0.4 is 10.5 Å². The molecule has 8 heteroatoms. The molecule has 1 fully saturated rings. The van der Waals surface area contributed by atoms with Gasteiger partial charge >= 0.3 is 0 Å². The normalized spacial score (nSPS) is 20.6. The van der Waals surface area contributed by atoms with Crippen LogP contribution in [0.1, 0.15) is 23.7 Å². The molecule has 25 heavy (non-hydrogen) atoms. The highest BCUT2D eigenvalue weighted by atomic mass is 32.2. The van der Waals surface area contributed by atoms with Crippen LogP contribution in [0.2, 0.25) is 0 Å². The second-order valence-corrected chi connectivity index (χ2v) is 9.47. The zero-order chi connectivity index (χ0) is 18.1. The molecule has 1 aromatic heterocycles. The zero-order valence-corrected chi connectivity index (χ0v) is 15.6. The highest BCUT2D eigenvalue weighted by Crippen LogP contribution is 2.30. The van der Waals surface area contributed by atoms with E-state index >= 15 is 0 Å². The Hall–Kier alpha value is -1.90. The van der Waals surface area contributed by atoms with Crippen molar-refractivity contribution in [1.82, 2.24) is 4.90 Å². The number of nitrogens with one attached hydrogen (secondary N) is 1. The molecular formula is C17H21N3O3S2. The van der Waals surface area contributed by atoms with E-state index in [4.69, 9.17) is 5.73 Å². The standard InChI is InChI=1S/C17H21N3O3S2/c1-17(11-18)7-8-20(12-17)16(21)13-4-2-5-14(10-13)19-25(22,23)15-6-3-9-24-15/h2-6,9-10,19H,7-8,11-12,18H2,1H3. The van der Waals surface area contributed by atoms with Crippen molar-refractivity contribution in [2.45, 2.75) is 17.6 Å². The van der Waals surface area contributed by atoms with Crippen LogP contribution in [0.25, 0.3) is 0 Å². The smallest absolute Gasteiger partial charge is 0.271 e. The van der Waals surface area contributed by atoms with E-state index in [1.807, 2.05) is 0 Å². The lowest BCUT2D eigenvalue weighted by molar-refractivity contribution is 0.0777. The van der Waals surface area contributed by atoms with Crippen molar-refractivity contribution in [3.05, 3.63) is 47.3 Å². The van der Waals surface area contributed by atoms with E-state index in [1.165, 1.54) is 0 Å². The summed E-state index contributed by atoms with van der Waals surface area (Å²) in [5.74, 6) is -0.102. The average Bonchev–Trinajstić information content (AvgIpc) is 3.25. The molecule has 1 aliphatic heterocycles. The van der Waals surface area contributed by atoms with Crippen molar-refractivity contribution in [1.29, 1.82) is 0 Å². The van der Waals surface area contributed by atoms with E-state index < -0.39 is 10.0 Å². The summed E-state index contributed by atoms with van der Waals surface area (Å²) in [6.45, 7) is 3.90. The number of nitrogens with two attached hydrogens (primary N) is 1. The summed E-state index contributed by atoms with van der Waals surface area (Å²) in [6, 6.07) is 9.81. The molecule has 3 N–H and O–H groups in total. The average molecular weight is 380 g/mol. The minimum absolute atomic E-state index is 0.0476. The fourth-order valence-corrected chi connectivity index (χ4v) is 4.93. The van der Waals surface area contributed by atoms with E-state index in [1.54, 1.807) is 46.7 Å². The Morgan fingerprint density at radius 2 is 2.16 bits per heavy atom. The van der Waals surface area contributed by atoms with Gasteiger partial charge in [0.25, 0.3) is 15.9 Å². The SMILES string of the molecule is CC1(CN)CCN(C(=O)c2cccc(NS(=O)(=O)c3cccs3)c2)C1. The molecule has 0 aliphatic carbocycles. The molecule has 2 aromatic rings. The molecule has 1 aromatic carbocycles. The van der Waals surface area contributed by atoms with Gasteiger partial charge in [-0.1, -0.05) is 19.1 Å². The number of hydrogen-bond acceptors (Lipinski definition) is 5. The summed E-state index contributed by atoms with van der Waals surface area (Å²) in [5, 5.41) is 1.70. The van der Waals surface area contributed by atoms with Gasteiger partial charge in [-0.05, 0) is 48.0 Å². The van der Waals surface area contributed by atoms with Gasteiger partial charge in [0, 0.05) is 24.3 Å². The quantitative estimate of drug-likeness (QED) is 0.834. The summed E-state index contributed by atoms with van der Waals surface area (Å²) >= 11 is 1.14. The molecule has 2 heterocycles. The van der Waals surface area contributed by atoms with Crippen molar-refractivity contribution in [3.8, 4) is 0 Å². The van der Waals surface area contributed by atoms with Crippen LogP contribution in [0.5, 0.6) is 0 Å². The third kappa shape index (κ3) is 3.86. The molecule has 3 rings (SSSR count). The minimum Gasteiger partial charge on any atom is -0.338 e. The lowest BCUT2D eigenvalue weighted by atomic mass is 9.90. The van der Waals surface area contributed by atoms with Gasteiger partial charge in [-0.2, -0.15) is 0 Å². The number of benzene rings is 1. The molecule has 0 saturated carbocycles. The molecule has 0 spiro atoms. The van der Waals surface area contributed by atoms with Gasteiger partial charge in [0.05, 0.1) is 0 Å². The van der Waals surface area contributed by atoms with Crippen molar-refractivity contribution in [2.24, 2.45) is 11.1 Å². The summed E-state index contributed by atoms with van der Waals surface area (Å²) in [7, 11) is -3.63. The van der Waals surface area contributed by atoms with Crippen molar-refractivity contribution in [2.75, 3.05) is 24.4 Å². The Morgan fingerprint density at radius 3 is 2.80 bits per heavy atom. The molecule has 1 amide bonds. The van der Waals surface area contributed by atoms with Gasteiger partial charge in [0.15, 0.2) is 0 Å². The van der Waals surface area contributed by atoms with E-state index in [0.717, 1.165) is 17.8 Å². The van der Waals surface area contributed by atoms with E-state index in [9.17, 15) is 13.2 Å². The number of nitrogens with zero attached hydrogens (tertiary/aromatic N) is 1. The third-order valence-corrected chi connectivity index (χ3v) is 7.24. The fourth-order valence-electron chi connectivity index (χ4n) is 2.88. The Balaban J connectivity index is 1.77. The van der Waals surface area contributed by atoms with Crippen LogP contribution in [-0.2, 0) is 10.0 Å². The van der Waals surface area contributed by atoms with Crippen LogP contribution >= 0.6 is 11.3 Å². The molecule has 1 saturated heterocycles. The lowest BCUT2D eigenvalue weighted by Crippen LogP contribution is -2.34. The van der Waals surface area contributed by atoms with Crippen LogP contribution in [-0.4, -0.2) is 38.9 Å². The maximum absolute atomic E-state index is 12.7. The Kier molecular flexibility index (Phi) is 4.86. The number of anilines is 1. The lowest BCUT2D eigenvalue weighted by Gasteiger charge is -2.22. The van der Waals surface area contributed by atoms with Crippen molar-refractivity contribution in [3.63, 3.8) is 0 Å². The topological polar surface area (TPSA) is 92.5 Å². The maximum atomic E-state index is 12.7. The Morgan fingerprint density at radius 1 is 1.36 bits per heavy atom. The largest absolute Gasteiger partial charge is 0.338 e. The van der Waals surface area contributed by atoms with Crippen molar-refractivity contribution >= 4 is 33.0 Å². The van der Waals surface area contributed by atoms with Gasteiger partial charge in [-0.15, -0.1) is 11.3 Å². The number of thiophene rings is 1. The monoisotopic (exact) mass is 379 g/mol. The molecule has 1 unspecified atom stereocenters. The first kappa shape index (κ1) is 17.9. The number of likely N-dealkylation sites (tertiary alicyclic amines) is 1. The van der Waals surface area contributed by atoms with E-state index in [-0.39, 0.29) is 15.5 Å². The second-order valence-electron chi connectivity index (χ2n) is 6.61. The Labute approximate surface area is 151 Å². The van der Waals surface area contributed by atoms with Crippen LogP contribution in [0, 0.1) is 5.41 Å². The van der Waals surface area contributed by atoms with Gasteiger partial charge in [0.2, 0.25) is 0 Å². The van der Waals surface area contributed by atoms with E-state index in [0.29, 0.717) is 30.9 Å². The van der Waals surface area contributed by atoms with Crippen molar-refractivity contribution < 1.29 is 13.2 Å². The molecule has 1 atom stereocenters. The van der Waals surface area contributed by atoms with Gasteiger partial charge in [-0.3, -0.25) is 9.52 Å². The van der Waals surface area contributed by atoms with Crippen LogP contribution in [0.4, 0.5) is 5.69 Å². The number of rotatable bonds is 5. The van der Waals surface area contributed by atoms with E-state index in [2.05, 4.69) is 11.6 Å². The molecule has 0 bridgehead atoms. The molecular weight excluding hydrogens is 358 g/mol. The summed E-state index contributed by atoms with van der Waals surface area (Å²) in [4.78, 5) is 14.5. The van der Waals surface area contributed by atoms with Gasteiger partial charge in [0.1, 0.15) is 4.21 Å². The molecule has 6 nitrogen and oxygen atoms in total. The minimum atomic E-state index is -3.63.